The summed E-state index contributed by atoms with van der Waals surface area (Å²) in [7, 11) is 0. The first-order valence-corrected chi connectivity index (χ1v) is 5.63. The van der Waals surface area contributed by atoms with Crippen LogP contribution >= 0.6 is 23.2 Å². The number of halogens is 2. The van der Waals surface area contributed by atoms with E-state index in [0.29, 0.717) is 15.7 Å². The van der Waals surface area contributed by atoms with Crippen LogP contribution in [-0.2, 0) is 6.42 Å². The fraction of sp³-hybridized carbons (Fsp3) is 0.182. The van der Waals surface area contributed by atoms with Gasteiger partial charge in [0.15, 0.2) is 0 Å². The topological polar surface area (TPSA) is 37.8 Å². The number of nitrogens with zero attached hydrogens (tertiary/aromatic N) is 1. The Morgan fingerprint density at radius 2 is 2.00 bits per heavy atom. The van der Waals surface area contributed by atoms with Gasteiger partial charge in [-0.3, -0.25) is 9.89 Å². The van der Waals surface area contributed by atoms with Crippen molar-refractivity contribution >= 4 is 23.2 Å². The maximum atomic E-state index is 11.7. The number of hydrogen-bond donors (Lipinski definition) is 1. The molecular weight excluding hydrogens is 247 g/mol. The lowest BCUT2D eigenvalue weighted by Crippen LogP contribution is -2.13. The molecule has 0 aliphatic rings. The number of benzene rings is 1. The molecular formula is C11H10Cl2N2O. The van der Waals surface area contributed by atoms with Crippen molar-refractivity contribution in [3.63, 3.8) is 0 Å². The first kappa shape index (κ1) is 11.3. The van der Waals surface area contributed by atoms with Gasteiger partial charge in [0.2, 0.25) is 0 Å². The summed E-state index contributed by atoms with van der Waals surface area (Å²) in [6.45, 7) is 1.98. The van der Waals surface area contributed by atoms with Gasteiger partial charge >= 0.3 is 0 Å². The highest BCUT2D eigenvalue weighted by Crippen LogP contribution is 2.23. The van der Waals surface area contributed by atoms with E-state index in [1.54, 1.807) is 24.3 Å². The van der Waals surface area contributed by atoms with Gasteiger partial charge in [-0.15, -0.1) is 0 Å². The predicted octanol–water partition coefficient (Wildman–Crippen LogP) is 3.03. The molecule has 0 bridgehead atoms. The van der Waals surface area contributed by atoms with Crippen molar-refractivity contribution < 1.29 is 0 Å². The Morgan fingerprint density at radius 1 is 1.25 bits per heavy atom. The van der Waals surface area contributed by atoms with Crippen molar-refractivity contribution in [3.8, 4) is 5.69 Å². The van der Waals surface area contributed by atoms with E-state index in [1.807, 2.05) is 6.92 Å². The van der Waals surface area contributed by atoms with Gasteiger partial charge in [0.25, 0.3) is 5.56 Å². The molecule has 0 radical (unpaired) electrons. The van der Waals surface area contributed by atoms with E-state index in [-0.39, 0.29) is 5.56 Å². The van der Waals surface area contributed by atoms with E-state index in [4.69, 9.17) is 23.2 Å². The van der Waals surface area contributed by atoms with Gasteiger partial charge in [0, 0.05) is 11.8 Å². The minimum absolute atomic E-state index is 0.102. The fourth-order valence-corrected chi connectivity index (χ4v) is 1.73. The summed E-state index contributed by atoms with van der Waals surface area (Å²) in [5, 5.41) is 3.90. The summed E-state index contributed by atoms with van der Waals surface area (Å²) in [6.07, 6.45) is 0.781. The number of nitrogens with one attached hydrogen (secondary N) is 1. The highest BCUT2D eigenvalue weighted by molar-refractivity contribution is 6.42. The summed E-state index contributed by atoms with van der Waals surface area (Å²) in [5.41, 5.74) is 1.46. The second kappa shape index (κ2) is 4.36. The van der Waals surface area contributed by atoms with Gasteiger partial charge in [-0.2, -0.15) is 0 Å². The summed E-state index contributed by atoms with van der Waals surface area (Å²) in [6, 6.07) is 6.63. The zero-order valence-electron chi connectivity index (χ0n) is 8.63. The minimum atomic E-state index is -0.102. The van der Waals surface area contributed by atoms with E-state index < -0.39 is 0 Å². The molecule has 0 saturated heterocycles. The lowest BCUT2D eigenvalue weighted by Gasteiger charge is -2.03. The molecule has 5 heteroatoms. The molecule has 0 aliphatic carbocycles. The van der Waals surface area contributed by atoms with Crippen molar-refractivity contribution in [1.82, 2.24) is 9.78 Å². The van der Waals surface area contributed by atoms with Crippen LogP contribution in [0.15, 0.2) is 29.1 Å². The van der Waals surface area contributed by atoms with Crippen LogP contribution in [0.1, 0.15) is 12.6 Å². The third-order valence-electron chi connectivity index (χ3n) is 2.32. The van der Waals surface area contributed by atoms with Crippen LogP contribution < -0.4 is 5.56 Å². The number of rotatable bonds is 2. The molecule has 1 aromatic heterocycles. The van der Waals surface area contributed by atoms with E-state index in [9.17, 15) is 4.79 Å². The molecule has 0 saturated carbocycles. The van der Waals surface area contributed by atoms with Crippen LogP contribution in [0, 0.1) is 0 Å². The first-order chi connectivity index (χ1) is 7.61. The molecule has 2 aromatic rings. The Kier molecular flexibility index (Phi) is 3.08. The number of aromatic nitrogens is 2. The summed E-state index contributed by atoms with van der Waals surface area (Å²) >= 11 is 11.7. The van der Waals surface area contributed by atoms with Crippen molar-refractivity contribution in [2.45, 2.75) is 13.3 Å². The van der Waals surface area contributed by atoms with Crippen molar-refractivity contribution in [2.75, 3.05) is 0 Å². The van der Waals surface area contributed by atoms with Gasteiger partial charge in [-0.05, 0) is 24.6 Å². The first-order valence-electron chi connectivity index (χ1n) is 4.88. The molecule has 84 valence electrons. The van der Waals surface area contributed by atoms with E-state index in [2.05, 4.69) is 5.10 Å². The second-order valence-corrected chi connectivity index (χ2v) is 4.22. The number of aromatic amines is 1. The SMILES string of the molecule is CCc1cc(=O)n(-c2ccc(Cl)c(Cl)c2)[nH]1. The van der Waals surface area contributed by atoms with Crippen LogP contribution in [0.4, 0.5) is 0 Å². The molecule has 0 fully saturated rings. The Morgan fingerprint density at radius 3 is 2.56 bits per heavy atom. The average molecular weight is 257 g/mol. The Hall–Kier alpha value is -1.19. The maximum absolute atomic E-state index is 11.7. The summed E-state index contributed by atoms with van der Waals surface area (Å²) in [4.78, 5) is 11.7. The van der Waals surface area contributed by atoms with Gasteiger partial charge in [-0.1, -0.05) is 30.1 Å². The van der Waals surface area contributed by atoms with Crippen LogP contribution in [-0.4, -0.2) is 9.78 Å². The van der Waals surface area contributed by atoms with Crippen LogP contribution in [0.2, 0.25) is 10.0 Å². The van der Waals surface area contributed by atoms with Crippen molar-refractivity contribution in [2.24, 2.45) is 0 Å². The largest absolute Gasteiger partial charge is 0.295 e. The molecule has 0 amide bonds. The molecule has 1 heterocycles. The monoisotopic (exact) mass is 256 g/mol. The van der Waals surface area contributed by atoms with Crippen molar-refractivity contribution in [3.05, 3.63) is 50.4 Å². The minimum Gasteiger partial charge on any atom is -0.295 e. The standard InChI is InChI=1S/C11H10Cl2N2O/c1-2-7-5-11(16)15(14-7)8-3-4-9(12)10(13)6-8/h3-6,14H,2H2,1H3. The smallest absolute Gasteiger partial charge is 0.271 e. The quantitative estimate of drug-likeness (QED) is 0.882. The number of H-pyrrole nitrogens is 1. The highest BCUT2D eigenvalue weighted by atomic mass is 35.5. The molecule has 3 nitrogen and oxygen atoms in total. The fourth-order valence-electron chi connectivity index (χ4n) is 1.44. The maximum Gasteiger partial charge on any atom is 0.271 e. The van der Waals surface area contributed by atoms with E-state index >= 15 is 0 Å². The van der Waals surface area contributed by atoms with E-state index in [1.165, 1.54) is 4.68 Å². The molecule has 0 atom stereocenters. The zero-order valence-corrected chi connectivity index (χ0v) is 10.1. The molecule has 1 aromatic carbocycles. The number of hydrogen-bond acceptors (Lipinski definition) is 1. The second-order valence-electron chi connectivity index (χ2n) is 3.41. The van der Waals surface area contributed by atoms with Crippen LogP contribution in [0.5, 0.6) is 0 Å². The van der Waals surface area contributed by atoms with E-state index in [0.717, 1.165) is 12.1 Å². The normalized spacial score (nSPS) is 10.7. The molecule has 0 aliphatic heterocycles. The van der Waals surface area contributed by atoms with Crippen molar-refractivity contribution in [1.29, 1.82) is 0 Å². The lowest BCUT2D eigenvalue weighted by atomic mass is 10.3. The predicted molar refractivity (Wildman–Crippen MR) is 65.8 cm³/mol. The van der Waals surface area contributed by atoms with Crippen LogP contribution in [0.3, 0.4) is 0 Å². The third kappa shape index (κ3) is 2.01. The van der Waals surface area contributed by atoms with Gasteiger partial charge in [0.05, 0.1) is 15.7 Å². The Labute approximate surface area is 103 Å². The number of aryl methyl sites for hydroxylation is 1. The molecule has 16 heavy (non-hydrogen) atoms. The summed E-state index contributed by atoms with van der Waals surface area (Å²) < 4.78 is 1.45. The lowest BCUT2D eigenvalue weighted by molar-refractivity contribution is 0.819. The average Bonchev–Trinajstić information content (AvgIpc) is 2.64. The Bertz CT molecular complexity index is 572. The Balaban J connectivity index is 2.54. The van der Waals surface area contributed by atoms with Gasteiger partial charge < -0.3 is 0 Å². The zero-order chi connectivity index (χ0) is 11.7. The van der Waals surface area contributed by atoms with Gasteiger partial charge in [-0.25, -0.2) is 4.68 Å². The highest BCUT2D eigenvalue weighted by Gasteiger charge is 2.05. The molecule has 0 unspecified atom stereocenters. The molecule has 1 N–H and O–H groups in total. The van der Waals surface area contributed by atoms with Gasteiger partial charge in [0.1, 0.15) is 0 Å². The summed E-state index contributed by atoms with van der Waals surface area (Å²) in [5.74, 6) is 0. The van der Waals surface area contributed by atoms with Crippen LogP contribution in [0.25, 0.3) is 5.69 Å². The molecule has 0 spiro atoms. The molecule has 2 rings (SSSR count). The third-order valence-corrected chi connectivity index (χ3v) is 3.05.